The molecular formula is C29H41NO. The van der Waals surface area contributed by atoms with Gasteiger partial charge in [-0.2, -0.15) is 0 Å². The number of likely N-dealkylation sites (tertiary alicyclic amines) is 1. The Balaban J connectivity index is 1.62. The molecule has 0 radical (unpaired) electrons. The van der Waals surface area contributed by atoms with Gasteiger partial charge in [0.1, 0.15) is 11.9 Å². The standard InChI is InChI=1S/C29H41NO/c1-6-10-22-15-17-30(18-16-22)26-20-23-11-8-9-12-24(23)28(26)31-27-14-13-21(7-2)19-25(27)29(3,4)5/h8-9,11-14,19,22,26,28H,6-7,10,15-18,20H2,1-5H3. The summed E-state index contributed by atoms with van der Waals surface area (Å²) in [6.45, 7) is 13.9. The highest BCUT2D eigenvalue weighted by Gasteiger charge is 2.39. The molecule has 0 N–H and O–H groups in total. The van der Waals surface area contributed by atoms with Gasteiger partial charge in [0.05, 0.1) is 6.04 Å². The van der Waals surface area contributed by atoms with Crippen LogP contribution in [0.1, 0.15) is 88.7 Å². The van der Waals surface area contributed by atoms with Gasteiger partial charge in [-0.1, -0.05) is 83.9 Å². The largest absolute Gasteiger partial charge is 0.484 e. The summed E-state index contributed by atoms with van der Waals surface area (Å²) in [4.78, 5) is 2.73. The van der Waals surface area contributed by atoms with Crippen molar-refractivity contribution in [3.8, 4) is 5.75 Å². The van der Waals surface area contributed by atoms with Crippen LogP contribution in [0.3, 0.4) is 0 Å². The Kier molecular flexibility index (Phi) is 6.77. The van der Waals surface area contributed by atoms with Crippen molar-refractivity contribution >= 4 is 0 Å². The number of fused-ring (bicyclic) bond motifs is 1. The Morgan fingerprint density at radius 1 is 1.00 bits per heavy atom. The van der Waals surface area contributed by atoms with Gasteiger partial charge in [0.2, 0.25) is 0 Å². The van der Waals surface area contributed by atoms with Crippen LogP contribution in [0.4, 0.5) is 0 Å². The van der Waals surface area contributed by atoms with Crippen molar-refractivity contribution in [3.63, 3.8) is 0 Å². The van der Waals surface area contributed by atoms with Crippen molar-refractivity contribution in [1.82, 2.24) is 4.90 Å². The zero-order valence-electron chi connectivity index (χ0n) is 20.3. The van der Waals surface area contributed by atoms with Gasteiger partial charge in [-0.3, -0.25) is 4.90 Å². The van der Waals surface area contributed by atoms with E-state index in [1.54, 1.807) is 0 Å². The monoisotopic (exact) mass is 419 g/mol. The van der Waals surface area contributed by atoms with Crippen molar-refractivity contribution in [2.45, 2.75) is 90.7 Å². The average Bonchev–Trinajstić information content (AvgIpc) is 3.12. The molecule has 1 fully saturated rings. The van der Waals surface area contributed by atoms with Crippen LogP contribution in [-0.2, 0) is 18.3 Å². The van der Waals surface area contributed by atoms with Crippen LogP contribution in [0, 0.1) is 5.92 Å². The van der Waals surface area contributed by atoms with Crippen molar-refractivity contribution in [3.05, 3.63) is 64.7 Å². The van der Waals surface area contributed by atoms with Crippen molar-refractivity contribution in [1.29, 1.82) is 0 Å². The Morgan fingerprint density at radius 2 is 1.74 bits per heavy atom. The molecule has 2 aromatic carbocycles. The van der Waals surface area contributed by atoms with E-state index >= 15 is 0 Å². The maximum atomic E-state index is 6.96. The van der Waals surface area contributed by atoms with E-state index in [9.17, 15) is 0 Å². The fourth-order valence-electron chi connectivity index (χ4n) is 5.60. The molecule has 0 bridgehead atoms. The molecule has 0 spiro atoms. The normalized spacial score (nSPS) is 22.5. The van der Waals surface area contributed by atoms with Crippen LogP contribution in [0.15, 0.2) is 42.5 Å². The summed E-state index contributed by atoms with van der Waals surface area (Å²) in [7, 11) is 0. The highest BCUT2D eigenvalue weighted by Crippen LogP contribution is 2.42. The number of hydrogen-bond acceptors (Lipinski definition) is 2. The molecule has 0 amide bonds. The maximum Gasteiger partial charge on any atom is 0.140 e. The minimum Gasteiger partial charge on any atom is -0.484 e. The number of aryl methyl sites for hydroxylation is 1. The lowest BCUT2D eigenvalue weighted by molar-refractivity contribution is 0.0507. The van der Waals surface area contributed by atoms with E-state index in [1.165, 1.54) is 61.0 Å². The molecule has 0 aromatic heterocycles. The highest BCUT2D eigenvalue weighted by atomic mass is 16.5. The molecule has 0 saturated carbocycles. The first kappa shape index (κ1) is 22.4. The van der Waals surface area contributed by atoms with Gasteiger partial charge in [-0.05, 0) is 78.4 Å². The Hall–Kier alpha value is -1.80. The minimum atomic E-state index is 0.0621. The summed E-state index contributed by atoms with van der Waals surface area (Å²) in [6.07, 6.45) is 7.67. The predicted molar refractivity (Wildman–Crippen MR) is 131 cm³/mol. The topological polar surface area (TPSA) is 12.5 Å². The van der Waals surface area contributed by atoms with Gasteiger partial charge >= 0.3 is 0 Å². The molecular weight excluding hydrogens is 378 g/mol. The van der Waals surface area contributed by atoms with Gasteiger partial charge in [0.15, 0.2) is 0 Å². The molecule has 2 nitrogen and oxygen atoms in total. The summed E-state index contributed by atoms with van der Waals surface area (Å²) in [5.74, 6) is 1.98. The average molecular weight is 420 g/mol. The van der Waals surface area contributed by atoms with E-state index < -0.39 is 0 Å². The fraction of sp³-hybridized carbons (Fsp3) is 0.586. The number of piperidine rings is 1. The van der Waals surface area contributed by atoms with E-state index in [-0.39, 0.29) is 11.5 Å². The third kappa shape index (κ3) is 4.85. The maximum absolute atomic E-state index is 6.96. The first-order valence-corrected chi connectivity index (χ1v) is 12.5. The van der Waals surface area contributed by atoms with Crippen LogP contribution >= 0.6 is 0 Å². The number of rotatable bonds is 6. The minimum absolute atomic E-state index is 0.0621. The quantitative estimate of drug-likeness (QED) is 0.495. The molecule has 1 aliphatic heterocycles. The number of hydrogen-bond donors (Lipinski definition) is 0. The molecule has 4 rings (SSSR count). The van der Waals surface area contributed by atoms with Crippen LogP contribution in [0.5, 0.6) is 5.75 Å². The second kappa shape index (κ2) is 9.36. The van der Waals surface area contributed by atoms with E-state index in [2.05, 4.69) is 82.0 Å². The molecule has 2 atom stereocenters. The van der Waals surface area contributed by atoms with Crippen molar-refractivity contribution in [2.75, 3.05) is 13.1 Å². The number of nitrogens with zero attached hydrogens (tertiary/aromatic N) is 1. The molecule has 31 heavy (non-hydrogen) atoms. The molecule has 2 aliphatic rings. The zero-order chi connectivity index (χ0) is 22.0. The smallest absolute Gasteiger partial charge is 0.140 e. The van der Waals surface area contributed by atoms with E-state index in [0.29, 0.717) is 6.04 Å². The van der Waals surface area contributed by atoms with E-state index in [4.69, 9.17) is 4.74 Å². The summed E-state index contributed by atoms with van der Waals surface area (Å²) >= 11 is 0. The van der Waals surface area contributed by atoms with E-state index in [0.717, 1.165) is 24.5 Å². The SMILES string of the molecule is CCCC1CCN(C2Cc3ccccc3C2Oc2ccc(CC)cc2C(C)(C)C)CC1. The second-order valence-corrected chi connectivity index (χ2v) is 10.7. The van der Waals surface area contributed by atoms with Gasteiger partial charge in [0.25, 0.3) is 0 Å². The Labute approximate surface area is 190 Å². The van der Waals surface area contributed by atoms with Crippen molar-refractivity contribution in [2.24, 2.45) is 5.92 Å². The Bertz CT molecular complexity index is 873. The summed E-state index contributed by atoms with van der Waals surface area (Å²) in [5, 5.41) is 0. The lowest BCUT2D eigenvalue weighted by Crippen LogP contribution is -2.44. The zero-order valence-corrected chi connectivity index (χ0v) is 20.3. The van der Waals surface area contributed by atoms with Crippen LogP contribution in [0.2, 0.25) is 0 Å². The first-order valence-electron chi connectivity index (χ1n) is 12.5. The summed E-state index contributed by atoms with van der Waals surface area (Å²) < 4.78 is 6.96. The predicted octanol–water partition coefficient (Wildman–Crippen LogP) is 7.10. The molecule has 1 saturated heterocycles. The van der Waals surface area contributed by atoms with Crippen molar-refractivity contribution < 1.29 is 4.74 Å². The molecule has 2 heteroatoms. The number of ether oxygens (including phenoxy) is 1. The first-order chi connectivity index (χ1) is 14.9. The number of benzene rings is 2. The summed E-state index contributed by atoms with van der Waals surface area (Å²) in [5.41, 5.74) is 5.64. The molecule has 2 aromatic rings. The second-order valence-electron chi connectivity index (χ2n) is 10.7. The van der Waals surface area contributed by atoms with Gasteiger partial charge in [0, 0.05) is 0 Å². The van der Waals surface area contributed by atoms with Crippen LogP contribution < -0.4 is 4.74 Å². The molecule has 1 aliphatic carbocycles. The molecule has 168 valence electrons. The van der Waals surface area contributed by atoms with E-state index in [1.807, 2.05) is 0 Å². The molecule has 2 unspecified atom stereocenters. The lowest BCUT2D eigenvalue weighted by atomic mass is 9.85. The Morgan fingerprint density at radius 3 is 2.42 bits per heavy atom. The van der Waals surface area contributed by atoms with Gasteiger partial charge < -0.3 is 4.74 Å². The fourth-order valence-corrected chi connectivity index (χ4v) is 5.60. The highest BCUT2D eigenvalue weighted by molar-refractivity contribution is 5.44. The van der Waals surface area contributed by atoms with Crippen LogP contribution in [0.25, 0.3) is 0 Å². The third-order valence-corrected chi connectivity index (χ3v) is 7.47. The van der Waals surface area contributed by atoms with Gasteiger partial charge in [-0.25, -0.2) is 0 Å². The summed E-state index contributed by atoms with van der Waals surface area (Å²) in [6, 6.07) is 16.2. The van der Waals surface area contributed by atoms with Gasteiger partial charge in [-0.15, -0.1) is 0 Å². The molecule has 1 heterocycles. The lowest BCUT2D eigenvalue weighted by Gasteiger charge is -2.39. The third-order valence-electron chi connectivity index (χ3n) is 7.47. The van der Waals surface area contributed by atoms with Crippen LogP contribution in [-0.4, -0.2) is 24.0 Å².